The number of amides is 1. The van der Waals surface area contributed by atoms with Crippen LogP contribution in [-0.4, -0.2) is 65.9 Å². The van der Waals surface area contributed by atoms with Gasteiger partial charge >= 0.3 is 12.1 Å². The minimum Gasteiger partial charge on any atom is -0.461 e. The lowest BCUT2D eigenvalue weighted by atomic mass is 10.1. The Morgan fingerprint density at radius 1 is 1.24 bits per heavy atom. The van der Waals surface area contributed by atoms with Gasteiger partial charge in [-0.05, 0) is 31.9 Å². The van der Waals surface area contributed by atoms with Crippen LogP contribution in [0.15, 0.2) is 12.2 Å². The maximum Gasteiger partial charge on any atom is 0.510 e. The van der Waals surface area contributed by atoms with E-state index in [-0.39, 0.29) is 24.9 Å². The number of carbonyl (C=O) groups excluding carboxylic acids is 4. The Bertz CT molecular complexity index is 648. The molecule has 0 saturated carbocycles. The van der Waals surface area contributed by atoms with E-state index in [2.05, 4.69) is 14.3 Å². The number of esters is 1. The van der Waals surface area contributed by atoms with Gasteiger partial charge in [-0.1, -0.05) is 6.92 Å². The van der Waals surface area contributed by atoms with Gasteiger partial charge in [0.2, 0.25) is 12.2 Å². The van der Waals surface area contributed by atoms with Gasteiger partial charge in [-0.25, -0.2) is 4.79 Å². The third kappa shape index (κ3) is 9.04. The normalized spacial score (nSPS) is 15.7. The fraction of sp³-hybridized carbons (Fsp3) is 0.647. The molecule has 1 aliphatic rings. The van der Waals surface area contributed by atoms with Gasteiger partial charge in [0.1, 0.15) is 19.6 Å². The van der Waals surface area contributed by atoms with Crippen LogP contribution < -0.4 is 0 Å². The van der Waals surface area contributed by atoms with Crippen molar-refractivity contribution in [2.75, 3.05) is 19.8 Å². The van der Waals surface area contributed by atoms with E-state index in [1.165, 1.54) is 17.1 Å². The maximum atomic E-state index is 12.2. The summed E-state index contributed by atoms with van der Waals surface area (Å²) in [5.41, 5.74) is 0. The molecule has 1 rings (SSSR count). The molecule has 162 valence electrons. The Labute approximate surface area is 166 Å². The summed E-state index contributed by atoms with van der Waals surface area (Å²) in [5.74, 6) is -1.18. The zero-order valence-corrected chi connectivity index (χ0v) is 16.2. The number of carbonyl (C=O) groups is 4. The lowest BCUT2D eigenvalue weighted by Crippen LogP contribution is -2.42. The molecule has 0 aromatic heterocycles. The molecule has 1 unspecified atom stereocenters. The molecule has 0 spiro atoms. The molecule has 0 radical (unpaired) electrons. The van der Waals surface area contributed by atoms with Crippen LogP contribution in [0.3, 0.4) is 0 Å². The van der Waals surface area contributed by atoms with Crippen molar-refractivity contribution in [2.24, 2.45) is 0 Å². The zero-order chi connectivity index (χ0) is 21.8. The first-order valence-corrected chi connectivity index (χ1v) is 9.02. The van der Waals surface area contributed by atoms with Crippen molar-refractivity contribution in [2.45, 2.75) is 51.9 Å². The van der Waals surface area contributed by atoms with Crippen molar-refractivity contribution >= 4 is 23.8 Å². The van der Waals surface area contributed by atoms with Gasteiger partial charge in [0.25, 0.3) is 5.09 Å². The molecule has 1 saturated heterocycles. The first-order chi connectivity index (χ1) is 13.7. The van der Waals surface area contributed by atoms with Gasteiger partial charge in [-0.15, -0.1) is 10.1 Å². The van der Waals surface area contributed by atoms with Crippen LogP contribution in [0.25, 0.3) is 0 Å². The lowest BCUT2D eigenvalue weighted by Gasteiger charge is -2.25. The van der Waals surface area contributed by atoms with Gasteiger partial charge in [0.15, 0.2) is 5.78 Å². The Morgan fingerprint density at radius 2 is 1.90 bits per heavy atom. The van der Waals surface area contributed by atoms with E-state index in [4.69, 9.17) is 4.74 Å². The van der Waals surface area contributed by atoms with E-state index in [0.29, 0.717) is 25.8 Å². The Morgan fingerprint density at radius 3 is 2.45 bits per heavy atom. The first-order valence-electron chi connectivity index (χ1n) is 9.02. The minimum absolute atomic E-state index is 0.0839. The van der Waals surface area contributed by atoms with Crippen LogP contribution in [0.1, 0.15) is 39.5 Å². The highest BCUT2D eigenvalue weighted by atomic mass is 17.0. The highest BCUT2D eigenvalue weighted by molar-refractivity contribution is 6.00. The molecule has 0 bridgehead atoms. The number of rotatable bonds is 12. The van der Waals surface area contributed by atoms with E-state index < -0.39 is 36.0 Å². The molecule has 1 amide bonds. The Balaban J connectivity index is 2.24. The fourth-order valence-electron chi connectivity index (χ4n) is 2.64. The fourth-order valence-corrected chi connectivity index (χ4v) is 2.64. The summed E-state index contributed by atoms with van der Waals surface area (Å²) in [4.78, 5) is 62.5. The van der Waals surface area contributed by atoms with Crippen molar-refractivity contribution in [3.63, 3.8) is 0 Å². The quantitative estimate of drug-likeness (QED) is 0.113. The second-order valence-electron chi connectivity index (χ2n) is 5.99. The van der Waals surface area contributed by atoms with E-state index in [0.717, 1.165) is 6.92 Å². The van der Waals surface area contributed by atoms with E-state index >= 15 is 0 Å². The summed E-state index contributed by atoms with van der Waals surface area (Å²) in [6.07, 6.45) is 1.26. The number of nitrogens with zero attached hydrogens (tertiary/aromatic N) is 2. The van der Waals surface area contributed by atoms with Crippen LogP contribution in [0, 0.1) is 10.1 Å². The van der Waals surface area contributed by atoms with Gasteiger partial charge in [0.05, 0.1) is 6.04 Å². The molecule has 2 atom stereocenters. The Kier molecular flexibility index (Phi) is 10.1. The third-order valence-electron chi connectivity index (χ3n) is 3.86. The maximum absolute atomic E-state index is 12.2. The summed E-state index contributed by atoms with van der Waals surface area (Å²) < 4.78 is 13.9. The number of likely N-dealkylation sites (tertiary alicyclic amines) is 1. The molecule has 12 heteroatoms. The molecular weight excluding hydrogens is 392 g/mol. The summed E-state index contributed by atoms with van der Waals surface area (Å²) in [6.45, 7) is 3.06. The number of hydrogen-bond acceptors (Lipinski definition) is 10. The highest BCUT2D eigenvalue weighted by Gasteiger charge is 2.32. The van der Waals surface area contributed by atoms with Crippen LogP contribution in [0.2, 0.25) is 0 Å². The van der Waals surface area contributed by atoms with Crippen LogP contribution in [0.5, 0.6) is 0 Å². The van der Waals surface area contributed by atoms with Crippen molar-refractivity contribution in [3.05, 3.63) is 22.3 Å². The molecule has 0 N–H and O–H groups in total. The summed E-state index contributed by atoms with van der Waals surface area (Å²) in [7, 11) is 0. The second kappa shape index (κ2) is 12.3. The average Bonchev–Trinajstić information content (AvgIpc) is 3.03. The SMILES string of the molecule is CC[C@@H](C(=O)CC(=O)OC/C=C\COC(=O)OC(C)O[N+](=O)[O-])N1CCCC1=O. The summed E-state index contributed by atoms with van der Waals surface area (Å²) >= 11 is 0. The third-order valence-corrected chi connectivity index (χ3v) is 3.86. The molecule has 1 heterocycles. The average molecular weight is 416 g/mol. The smallest absolute Gasteiger partial charge is 0.461 e. The van der Waals surface area contributed by atoms with E-state index in [9.17, 15) is 29.3 Å². The predicted molar refractivity (Wildman–Crippen MR) is 94.7 cm³/mol. The van der Waals surface area contributed by atoms with Crippen LogP contribution in [0.4, 0.5) is 4.79 Å². The standard InChI is InChI=1S/C17H24N2O10/c1-3-13(18-8-6-7-15(18)21)14(20)11-16(22)26-9-4-5-10-27-17(23)28-12(2)29-19(24)25/h4-5,12-13H,3,6-11H2,1-2H3/b5-4-/t12?,13-/m0/s1. The Hall–Kier alpha value is -3.18. The lowest BCUT2D eigenvalue weighted by molar-refractivity contribution is -0.777. The molecule has 0 aliphatic carbocycles. The highest BCUT2D eigenvalue weighted by Crippen LogP contribution is 2.17. The van der Waals surface area contributed by atoms with Gasteiger partial charge in [-0.2, -0.15) is 0 Å². The van der Waals surface area contributed by atoms with Crippen molar-refractivity contribution in [1.29, 1.82) is 0 Å². The van der Waals surface area contributed by atoms with E-state index in [1.54, 1.807) is 6.92 Å². The van der Waals surface area contributed by atoms with Crippen LogP contribution in [-0.2, 0) is 33.4 Å². The molecule has 0 aromatic rings. The van der Waals surface area contributed by atoms with Crippen molar-refractivity contribution in [1.82, 2.24) is 4.90 Å². The second-order valence-corrected chi connectivity index (χ2v) is 5.99. The van der Waals surface area contributed by atoms with E-state index in [1.807, 2.05) is 0 Å². The topological polar surface area (TPSA) is 152 Å². The predicted octanol–water partition coefficient (Wildman–Crippen LogP) is 1.15. The summed E-state index contributed by atoms with van der Waals surface area (Å²) in [6, 6.07) is -0.616. The molecule has 0 aromatic carbocycles. The number of ketones is 1. The zero-order valence-electron chi connectivity index (χ0n) is 16.2. The van der Waals surface area contributed by atoms with Crippen molar-refractivity contribution < 1.29 is 43.3 Å². The number of Topliss-reactive ketones (excluding diaryl/α,β-unsaturated/α-hetero) is 1. The number of ether oxygens (including phenoxy) is 3. The number of hydrogen-bond donors (Lipinski definition) is 0. The van der Waals surface area contributed by atoms with Gasteiger partial charge in [0, 0.05) is 13.0 Å². The van der Waals surface area contributed by atoms with Crippen molar-refractivity contribution in [3.8, 4) is 0 Å². The van der Waals surface area contributed by atoms with Crippen LogP contribution >= 0.6 is 0 Å². The first kappa shape index (κ1) is 23.9. The monoisotopic (exact) mass is 416 g/mol. The molecule has 29 heavy (non-hydrogen) atoms. The minimum atomic E-state index is -1.41. The van der Waals surface area contributed by atoms with Gasteiger partial charge < -0.3 is 19.1 Å². The van der Waals surface area contributed by atoms with Gasteiger partial charge in [-0.3, -0.25) is 19.2 Å². The summed E-state index contributed by atoms with van der Waals surface area (Å²) in [5, 5.41) is 8.93. The largest absolute Gasteiger partial charge is 0.510 e. The molecule has 12 nitrogen and oxygen atoms in total. The molecular formula is C17H24N2O10. The molecule has 1 fully saturated rings. The molecule has 1 aliphatic heterocycles.